The first-order valence-electron chi connectivity index (χ1n) is 6.06. The van der Waals surface area contributed by atoms with Gasteiger partial charge in [-0.3, -0.25) is 11.3 Å². The highest BCUT2D eigenvalue weighted by atomic mass is 19.1. The molecule has 0 amide bonds. The fourth-order valence-electron chi connectivity index (χ4n) is 2.29. The SMILES string of the molecule is NNC(Cc1ccc(F)cc1)CC1CCOC1. The highest BCUT2D eigenvalue weighted by molar-refractivity contribution is 5.17. The van der Waals surface area contributed by atoms with E-state index >= 15 is 0 Å². The van der Waals surface area contributed by atoms with Crippen LogP contribution >= 0.6 is 0 Å². The van der Waals surface area contributed by atoms with E-state index < -0.39 is 0 Å². The minimum absolute atomic E-state index is 0.199. The highest BCUT2D eigenvalue weighted by Crippen LogP contribution is 2.19. The van der Waals surface area contributed by atoms with Crippen molar-refractivity contribution in [1.82, 2.24) is 5.43 Å². The Balaban J connectivity index is 1.87. The summed E-state index contributed by atoms with van der Waals surface area (Å²) in [5.41, 5.74) is 3.95. The van der Waals surface area contributed by atoms with Gasteiger partial charge in [-0.2, -0.15) is 0 Å². The summed E-state index contributed by atoms with van der Waals surface area (Å²) in [6.07, 6.45) is 2.95. The lowest BCUT2D eigenvalue weighted by Gasteiger charge is -2.19. The normalized spacial score (nSPS) is 21.6. The fourth-order valence-corrected chi connectivity index (χ4v) is 2.29. The lowest BCUT2D eigenvalue weighted by atomic mass is 9.95. The Morgan fingerprint density at radius 3 is 2.76 bits per heavy atom. The molecule has 3 N–H and O–H groups in total. The summed E-state index contributed by atoms with van der Waals surface area (Å²) in [4.78, 5) is 0. The first-order chi connectivity index (χ1) is 8.28. The Hall–Kier alpha value is -0.970. The molecule has 94 valence electrons. The van der Waals surface area contributed by atoms with Crippen LogP contribution in [0.25, 0.3) is 0 Å². The summed E-state index contributed by atoms with van der Waals surface area (Å²) in [5, 5.41) is 0. The summed E-state index contributed by atoms with van der Waals surface area (Å²) in [7, 11) is 0. The fraction of sp³-hybridized carbons (Fsp3) is 0.538. The van der Waals surface area contributed by atoms with Crippen LogP contribution in [0.3, 0.4) is 0 Å². The monoisotopic (exact) mass is 238 g/mol. The molecule has 2 rings (SSSR count). The van der Waals surface area contributed by atoms with Gasteiger partial charge in [0.05, 0.1) is 0 Å². The van der Waals surface area contributed by atoms with E-state index in [0.29, 0.717) is 5.92 Å². The van der Waals surface area contributed by atoms with Crippen molar-refractivity contribution in [2.75, 3.05) is 13.2 Å². The van der Waals surface area contributed by atoms with E-state index in [4.69, 9.17) is 10.6 Å². The molecular weight excluding hydrogens is 219 g/mol. The largest absolute Gasteiger partial charge is 0.381 e. The number of hydrogen-bond acceptors (Lipinski definition) is 3. The number of halogens is 1. The van der Waals surface area contributed by atoms with Crippen LogP contribution in [0.2, 0.25) is 0 Å². The predicted octanol–water partition coefficient (Wildman–Crippen LogP) is 1.63. The third-order valence-corrected chi connectivity index (χ3v) is 3.27. The number of hydrogen-bond donors (Lipinski definition) is 2. The van der Waals surface area contributed by atoms with E-state index in [1.165, 1.54) is 12.1 Å². The van der Waals surface area contributed by atoms with Crippen LogP contribution in [0, 0.1) is 11.7 Å². The second-order valence-electron chi connectivity index (χ2n) is 4.66. The molecule has 1 aromatic carbocycles. The number of nitrogens with one attached hydrogen (secondary N) is 1. The summed E-state index contributed by atoms with van der Waals surface area (Å²) in [5.74, 6) is 5.96. The quantitative estimate of drug-likeness (QED) is 0.605. The van der Waals surface area contributed by atoms with Crippen molar-refractivity contribution >= 4 is 0 Å². The third kappa shape index (κ3) is 3.77. The molecule has 2 atom stereocenters. The molecule has 1 saturated heterocycles. The zero-order valence-corrected chi connectivity index (χ0v) is 9.86. The van der Waals surface area contributed by atoms with Crippen molar-refractivity contribution in [3.63, 3.8) is 0 Å². The van der Waals surface area contributed by atoms with E-state index in [1.54, 1.807) is 0 Å². The number of ether oxygens (including phenoxy) is 1. The van der Waals surface area contributed by atoms with E-state index in [0.717, 1.165) is 38.0 Å². The standard InChI is InChI=1S/C13H19FN2O/c14-12-3-1-10(2-4-12)7-13(16-15)8-11-5-6-17-9-11/h1-4,11,13,16H,5-9,15H2. The molecule has 1 aliphatic heterocycles. The Bertz CT molecular complexity index is 336. The van der Waals surface area contributed by atoms with Gasteiger partial charge in [0.2, 0.25) is 0 Å². The molecule has 0 spiro atoms. The van der Waals surface area contributed by atoms with Crippen LogP contribution in [-0.4, -0.2) is 19.3 Å². The average molecular weight is 238 g/mol. The molecule has 1 aromatic rings. The molecule has 1 aliphatic rings. The molecule has 2 unspecified atom stereocenters. The molecular formula is C13H19FN2O. The lowest BCUT2D eigenvalue weighted by molar-refractivity contribution is 0.181. The van der Waals surface area contributed by atoms with Gasteiger partial charge in [0.15, 0.2) is 0 Å². The van der Waals surface area contributed by atoms with Crippen molar-refractivity contribution in [2.45, 2.75) is 25.3 Å². The third-order valence-electron chi connectivity index (χ3n) is 3.27. The molecule has 3 nitrogen and oxygen atoms in total. The van der Waals surface area contributed by atoms with E-state index in [1.807, 2.05) is 12.1 Å². The second kappa shape index (κ2) is 6.10. The van der Waals surface area contributed by atoms with Crippen LogP contribution in [0.1, 0.15) is 18.4 Å². The molecule has 4 heteroatoms. The molecule has 0 saturated carbocycles. The van der Waals surface area contributed by atoms with Crippen molar-refractivity contribution in [3.8, 4) is 0 Å². The van der Waals surface area contributed by atoms with Crippen molar-refractivity contribution < 1.29 is 9.13 Å². The van der Waals surface area contributed by atoms with E-state index in [-0.39, 0.29) is 11.9 Å². The minimum Gasteiger partial charge on any atom is -0.381 e. The van der Waals surface area contributed by atoms with Crippen LogP contribution in [-0.2, 0) is 11.2 Å². The molecule has 0 radical (unpaired) electrons. The summed E-state index contributed by atoms with van der Waals surface area (Å²) in [6.45, 7) is 1.69. The maximum absolute atomic E-state index is 12.8. The van der Waals surface area contributed by atoms with Gasteiger partial charge >= 0.3 is 0 Å². The molecule has 1 fully saturated rings. The Labute approximate surface area is 101 Å². The van der Waals surface area contributed by atoms with Crippen LogP contribution < -0.4 is 11.3 Å². The Morgan fingerprint density at radius 1 is 1.41 bits per heavy atom. The van der Waals surface area contributed by atoms with Gasteiger partial charge < -0.3 is 4.74 Å². The first-order valence-corrected chi connectivity index (χ1v) is 6.06. The van der Waals surface area contributed by atoms with Crippen LogP contribution in [0.4, 0.5) is 4.39 Å². The topological polar surface area (TPSA) is 47.3 Å². The summed E-state index contributed by atoms with van der Waals surface area (Å²) < 4.78 is 18.1. The second-order valence-corrected chi connectivity index (χ2v) is 4.66. The lowest BCUT2D eigenvalue weighted by Crippen LogP contribution is -2.38. The van der Waals surface area contributed by atoms with Crippen molar-refractivity contribution in [3.05, 3.63) is 35.6 Å². The molecule has 17 heavy (non-hydrogen) atoms. The van der Waals surface area contributed by atoms with E-state index in [2.05, 4.69) is 5.43 Å². The zero-order chi connectivity index (χ0) is 12.1. The van der Waals surface area contributed by atoms with Gasteiger partial charge in [-0.05, 0) is 42.9 Å². The van der Waals surface area contributed by atoms with Gasteiger partial charge in [0.1, 0.15) is 5.82 Å². The Morgan fingerprint density at radius 2 is 2.18 bits per heavy atom. The molecule has 0 bridgehead atoms. The minimum atomic E-state index is -0.199. The number of hydrazine groups is 1. The first kappa shape index (κ1) is 12.5. The maximum atomic E-state index is 12.8. The van der Waals surface area contributed by atoms with Crippen LogP contribution in [0.15, 0.2) is 24.3 Å². The smallest absolute Gasteiger partial charge is 0.123 e. The molecule has 0 aromatic heterocycles. The highest BCUT2D eigenvalue weighted by Gasteiger charge is 2.20. The number of nitrogens with two attached hydrogens (primary N) is 1. The van der Waals surface area contributed by atoms with Gasteiger partial charge in [0, 0.05) is 19.3 Å². The number of benzene rings is 1. The maximum Gasteiger partial charge on any atom is 0.123 e. The van der Waals surface area contributed by atoms with E-state index in [9.17, 15) is 4.39 Å². The zero-order valence-electron chi connectivity index (χ0n) is 9.86. The van der Waals surface area contributed by atoms with Gasteiger partial charge in [-0.15, -0.1) is 0 Å². The molecule has 0 aliphatic carbocycles. The number of rotatable bonds is 5. The van der Waals surface area contributed by atoms with Gasteiger partial charge in [0.25, 0.3) is 0 Å². The van der Waals surface area contributed by atoms with Crippen LogP contribution in [0.5, 0.6) is 0 Å². The summed E-state index contributed by atoms with van der Waals surface area (Å²) in [6, 6.07) is 6.82. The average Bonchev–Trinajstić information content (AvgIpc) is 2.84. The summed E-state index contributed by atoms with van der Waals surface area (Å²) >= 11 is 0. The van der Waals surface area contributed by atoms with Gasteiger partial charge in [-0.1, -0.05) is 12.1 Å². The molecule has 1 heterocycles. The van der Waals surface area contributed by atoms with Crippen molar-refractivity contribution in [2.24, 2.45) is 11.8 Å². The predicted molar refractivity (Wildman–Crippen MR) is 64.8 cm³/mol. The van der Waals surface area contributed by atoms with Gasteiger partial charge in [-0.25, -0.2) is 4.39 Å². The van der Waals surface area contributed by atoms with Crippen molar-refractivity contribution in [1.29, 1.82) is 0 Å². The Kier molecular flexibility index (Phi) is 4.48.